The van der Waals surface area contributed by atoms with Gasteiger partial charge in [0.1, 0.15) is 17.3 Å². The van der Waals surface area contributed by atoms with E-state index in [9.17, 15) is 21.6 Å². The molecule has 1 N–H and O–H groups in total. The highest BCUT2D eigenvalue weighted by Gasteiger charge is 2.32. The van der Waals surface area contributed by atoms with Crippen LogP contribution in [-0.4, -0.2) is 48.5 Å². The zero-order chi connectivity index (χ0) is 25.2. The van der Waals surface area contributed by atoms with Gasteiger partial charge in [-0.3, -0.25) is 0 Å². The third kappa shape index (κ3) is 5.47. The lowest BCUT2D eigenvalue weighted by Crippen LogP contribution is -2.29. The monoisotopic (exact) mass is 527 g/mol. The first kappa shape index (κ1) is 24.7. The summed E-state index contributed by atoms with van der Waals surface area (Å²) in [6, 6.07) is 12.3. The number of nitrogens with zero attached hydrogens (tertiary/aromatic N) is 4. The number of nitrogens with one attached hydrogen (secondary N) is 1. The normalized spacial score (nSPS) is 12.1. The molecule has 0 saturated carbocycles. The molecule has 4 rings (SSSR count). The van der Waals surface area contributed by atoms with Crippen molar-refractivity contribution in [3.8, 4) is 23.0 Å². The predicted octanol–water partition coefficient (Wildman–Crippen LogP) is 3.83. The van der Waals surface area contributed by atoms with Crippen molar-refractivity contribution in [2.75, 3.05) is 20.3 Å². The first-order valence-corrected chi connectivity index (χ1v) is 11.8. The number of alkyl halides is 3. The Morgan fingerprint density at radius 1 is 1.06 bits per heavy atom. The van der Waals surface area contributed by atoms with Gasteiger partial charge in [-0.15, -0.1) is 15.3 Å². The topological polar surface area (TPSA) is 108 Å². The SMILES string of the molecule is COc1ccc(-c2nnc3ccc(OCCNS(=O)(=O)c4cc(C(F)(F)F)ccc4Cl)nn23)cc1. The van der Waals surface area contributed by atoms with E-state index in [1.807, 2.05) is 0 Å². The number of fused-ring (bicyclic) bond motifs is 1. The Balaban J connectivity index is 1.44. The fourth-order valence-electron chi connectivity index (χ4n) is 3.06. The molecule has 0 fully saturated rings. The van der Waals surface area contributed by atoms with Crippen LogP contribution in [0.5, 0.6) is 11.6 Å². The van der Waals surface area contributed by atoms with E-state index in [1.165, 1.54) is 10.6 Å². The van der Waals surface area contributed by atoms with Crippen LogP contribution in [-0.2, 0) is 16.2 Å². The van der Waals surface area contributed by atoms with E-state index in [-0.39, 0.29) is 24.1 Å². The van der Waals surface area contributed by atoms with E-state index in [0.29, 0.717) is 29.4 Å². The Kier molecular flexibility index (Phi) is 6.83. The van der Waals surface area contributed by atoms with Crippen LogP contribution in [0, 0.1) is 0 Å². The van der Waals surface area contributed by atoms with Gasteiger partial charge in [-0.2, -0.15) is 17.7 Å². The summed E-state index contributed by atoms with van der Waals surface area (Å²) in [6.07, 6.45) is -4.71. The molecule has 0 saturated heterocycles. The molecule has 0 aliphatic heterocycles. The summed E-state index contributed by atoms with van der Waals surface area (Å²) in [5.74, 6) is 1.28. The van der Waals surface area contributed by atoms with Crippen molar-refractivity contribution >= 4 is 27.3 Å². The van der Waals surface area contributed by atoms with Crippen molar-refractivity contribution in [1.82, 2.24) is 24.5 Å². The summed E-state index contributed by atoms with van der Waals surface area (Å²) in [6.45, 7) is -0.406. The van der Waals surface area contributed by atoms with Gasteiger partial charge in [-0.25, -0.2) is 13.1 Å². The zero-order valence-electron chi connectivity index (χ0n) is 18.0. The number of methoxy groups -OCH3 is 1. The lowest BCUT2D eigenvalue weighted by molar-refractivity contribution is -0.137. The number of ether oxygens (including phenoxy) is 2. The average Bonchev–Trinajstić information content (AvgIpc) is 3.24. The van der Waals surface area contributed by atoms with Gasteiger partial charge in [0.2, 0.25) is 15.9 Å². The number of hydrogen-bond acceptors (Lipinski definition) is 7. The molecule has 14 heteroatoms. The van der Waals surface area contributed by atoms with E-state index in [2.05, 4.69) is 20.0 Å². The molecule has 0 bridgehead atoms. The number of aromatic nitrogens is 4. The second-order valence-electron chi connectivity index (χ2n) is 7.08. The molecule has 184 valence electrons. The molecule has 0 amide bonds. The van der Waals surface area contributed by atoms with Crippen LogP contribution in [0.2, 0.25) is 5.02 Å². The Hall–Kier alpha value is -3.42. The lowest BCUT2D eigenvalue weighted by Gasteiger charge is -2.12. The van der Waals surface area contributed by atoms with Gasteiger partial charge in [0.25, 0.3) is 0 Å². The number of benzene rings is 2. The summed E-state index contributed by atoms with van der Waals surface area (Å²) < 4.78 is 78.0. The molecule has 35 heavy (non-hydrogen) atoms. The summed E-state index contributed by atoms with van der Waals surface area (Å²) in [4.78, 5) is -0.679. The van der Waals surface area contributed by atoms with E-state index < -0.39 is 26.7 Å². The Labute approximate surface area is 202 Å². The van der Waals surface area contributed by atoms with Gasteiger partial charge < -0.3 is 9.47 Å². The molecule has 0 spiro atoms. The smallest absolute Gasteiger partial charge is 0.416 e. The molecular formula is C21H17ClF3N5O4S. The summed E-state index contributed by atoms with van der Waals surface area (Å²) in [5, 5.41) is 12.2. The van der Waals surface area contributed by atoms with Crippen LogP contribution < -0.4 is 14.2 Å². The second-order valence-corrected chi connectivity index (χ2v) is 9.23. The number of rotatable bonds is 8. The number of halogens is 4. The van der Waals surface area contributed by atoms with Gasteiger partial charge in [0.15, 0.2) is 11.5 Å². The molecule has 0 atom stereocenters. The highest BCUT2D eigenvalue weighted by atomic mass is 35.5. The Morgan fingerprint density at radius 3 is 2.49 bits per heavy atom. The molecule has 2 aromatic carbocycles. The van der Waals surface area contributed by atoms with Gasteiger partial charge in [-0.05, 0) is 48.5 Å². The maximum Gasteiger partial charge on any atom is 0.416 e. The Morgan fingerprint density at radius 2 is 1.80 bits per heavy atom. The highest BCUT2D eigenvalue weighted by molar-refractivity contribution is 7.89. The molecule has 0 unspecified atom stereocenters. The molecule has 2 aromatic heterocycles. The minimum Gasteiger partial charge on any atom is -0.497 e. The van der Waals surface area contributed by atoms with E-state index >= 15 is 0 Å². The summed E-state index contributed by atoms with van der Waals surface area (Å²) >= 11 is 5.82. The van der Waals surface area contributed by atoms with Crippen molar-refractivity contribution in [1.29, 1.82) is 0 Å². The minimum atomic E-state index is -4.71. The molecule has 0 aliphatic rings. The number of hydrogen-bond donors (Lipinski definition) is 1. The molecule has 0 radical (unpaired) electrons. The highest BCUT2D eigenvalue weighted by Crippen LogP contribution is 2.33. The molecule has 9 nitrogen and oxygen atoms in total. The predicted molar refractivity (Wildman–Crippen MR) is 120 cm³/mol. The van der Waals surface area contributed by atoms with Crippen LogP contribution >= 0.6 is 11.6 Å². The first-order valence-electron chi connectivity index (χ1n) is 9.94. The first-order chi connectivity index (χ1) is 16.6. The van der Waals surface area contributed by atoms with E-state index in [4.69, 9.17) is 21.1 Å². The quantitative estimate of drug-likeness (QED) is 0.347. The van der Waals surface area contributed by atoms with Gasteiger partial charge in [-0.1, -0.05) is 11.6 Å². The standard InChI is InChI=1S/C21H17ClF3N5O4S/c1-33-15-5-2-13(3-6-15)20-28-27-18-8-9-19(29-30(18)20)34-11-10-26-35(31,32)17-12-14(21(23,24)25)4-7-16(17)22/h2-9,12,26H,10-11H2,1H3. The van der Waals surface area contributed by atoms with Crippen molar-refractivity contribution in [3.05, 3.63) is 65.2 Å². The van der Waals surface area contributed by atoms with Crippen LogP contribution in [0.25, 0.3) is 17.0 Å². The molecule has 2 heterocycles. The van der Waals surface area contributed by atoms with E-state index in [0.717, 1.165) is 11.6 Å². The third-order valence-corrected chi connectivity index (χ3v) is 6.72. The zero-order valence-corrected chi connectivity index (χ0v) is 19.5. The van der Waals surface area contributed by atoms with Crippen molar-refractivity contribution in [2.45, 2.75) is 11.1 Å². The van der Waals surface area contributed by atoms with Crippen LogP contribution in [0.1, 0.15) is 5.56 Å². The van der Waals surface area contributed by atoms with Crippen molar-refractivity contribution < 1.29 is 31.1 Å². The molecular weight excluding hydrogens is 511 g/mol. The Bertz CT molecular complexity index is 1460. The fourth-order valence-corrected chi connectivity index (χ4v) is 4.60. The minimum absolute atomic E-state index is 0.156. The van der Waals surface area contributed by atoms with Crippen LogP contribution in [0.3, 0.4) is 0 Å². The maximum atomic E-state index is 12.9. The van der Waals surface area contributed by atoms with Gasteiger partial charge >= 0.3 is 6.18 Å². The van der Waals surface area contributed by atoms with E-state index in [1.54, 1.807) is 37.4 Å². The van der Waals surface area contributed by atoms with Gasteiger partial charge in [0, 0.05) is 18.2 Å². The van der Waals surface area contributed by atoms with Crippen LogP contribution in [0.15, 0.2) is 59.5 Å². The summed E-state index contributed by atoms with van der Waals surface area (Å²) in [7, 11) is -2.76. The lowest BCUT2D eigenvalue weighted by atomic mass is 10.2. The maximum absolute atomic E-state index is 12.9. The number of sulfonamides is 1. The fraction of sp³-hybridized carbons (Fsp3) is 0.190. The van der Waals surface area contributed by atoms with Gasteiger partial charge in [0.05, 0.1) is 17.7 Å². The second kappa shape index (κ2) is 9.68. The van der Waals surface area contributed by atoms with Crippen LogP contribution in [0.4, 0.5) is 13.2 Å². The molecule has 4 aromatic rings. The summed E-state index contributed by atoms with van der Waals surface area (Å²) in [5.41, 5.74) is 0.0642. The average molecular weight is 528 g/mol. The van der Waals surface area contributed by atoms with Crippen molar-refractivity contribution in [2.24, 2.45) is 0 Å². The van der Waals surface area contributed by atoms with Crippen molar-refractivity contribution in [3.63, 3.8) is 0 Å². The third-order valence-electron chi connectivity index (χ3n) is 4.78. The molecule has 0 aliphatic carbocycles. The largest absolute Gasteiger partial charge is 0.497 e.